The number of hydrogen-bond donors (Lipinski definition) is 3. The molecule has 0 saturated carbocycles. The van der Waals surface area contributed by atoms with Crippen molar-refractivity contribution in [3.05, 3.63) is 42.0 Å². The van der Waals surface area contributed by atoms with E-state index in [2.05, 4.69) is 0 Å². The molecule has 0 aromatic heterocycles. The highest BCUT2D eigenvalue weighted by atomic mass is 16.4. The normalized spacial score (nSPS) is 14.3. The molecule has 1 rings (SSSR count). The second-order valence-corrected chi connectivity index (χ2v) is 3.86. The topological polar surface area (TPSA) is 101 Å². The Balaban J connectivity index is 2.66. The second-order valence-electron chi connectivity index (χ2n) is 3.86. The zero-order valence-electron chi connectivity index (χ0n) is 9.69. The summed E-state index contributed by atoms with van der Waals surface area (Å²) in [7, 11) is 0. The van der Waals surface area contributed by atoms with Crippen LogP contribution in [0.25, 0.3) is 6.08 Å². The van der Waals surface area contributed by atoms with Crippen molar-refractivity contribution in [3.8, 4) is 0 Å². The Morgan fingerprint density at radius 1 is 1.17 bits per heavy atom. The van der Waals surface area contributed by atoms with Crippen molar-refractivity contribution in [2.75, 3.05) is 0 Å². The van der Waals surface area contributed by atoms with Crippen LogP contribution in [0.5, 0.6) is 0 Å². The fourth-order valence-electron chi connectivity index (χ4n) is 1.49. The molecular formula is C13H15NO4. The molecule has 0 bridgehead atoms. The molecule has 0 aliphatic carbocycles. The lowest BCUT2D eigenvalue weighted by molar-refractivity contribution is -0.149. The Morgan fingerprint density at radius 3 is 2.28 bits per heavy atom. The Kier molecular flexibility index (Phi) is 5.07. The lowest BCUT2D eigenvalue weighted by Gasteiger charge is -2.14. The van der Waals surface area contributed by atoms with Gasteiger partial charge in [-0.05, 0) is 12.0 Å². The Labute approximate surface area is 105 Å². The van der Waals surface area contributed by atoms with Gasteiger partial charge < -0.3 is 15.9 Å². The van der Waals surface area contributed by atoms with Crippen LogP contribution in [0.1, 0.15) is 12.0 Å². The molecule has 0 radical (unpaired) electrons. The van der Waals surface area contributed by atoms with Gasteiger partial charge in [0.05, 0.1) is 5.92 Å². The molecule has 0 unspecified atom stereocenters. The molecule has 1 aromatic carbocycles. The van der Waals surface area contributed by atoms with E-state index in [1.807, 2.05) is 30.3 Å². The van der Waals surface area contributed by atoms with Crippen LogP contribution < -0.4 is 5.73 Å². The number of carboxylic acids is 2. The first kappa shape index (κ1) is 13.9. The van der Waals surface area contributed by atoms with Gasteiger partial charge in [-0.15, -0.1) is 0 Å². The summed E-state index contributed by atoms with van der Waals surface area (Å²) in [4.78, 5) is 21.6. The van der Waals surface area contributed by atoms with Crippen molar-refractivity contribution in [2.45, 2.75) is 12.5 Å². The average molecular weight is 249 g/mol. The summed E-state index contributed by atoms with van der Waals surface area (Å²) in [5.41, 5.74) is 6.25. The van der Waals surface area contributed by atoms with Gasteiger partial charge in [0.2, 0.25) is 0 Å². The largest absolute Gasteiger partial charge is 0.481 e. The number of benzene rings is 1. The smallest absolute Gasteiger partial charge is 0.321 e. The van der Waals surface area contributed by atoms with Crippen molar-refractivity contribution < 1.29 is 19.8 Å². The van der Waals surface area contributed by atoms with Gasteiger partial charge in [0, 0.05) is 0 Å². The van der Waals surface area contributed by atoms with Crippen molar-refractivity contribution in [3.63, 3.8) is 0 Å². The molecule has 0 aliphatic heterocycles. The van der Waals surface area contributed by atoms with Gasteiger partial charge in [-0.1, -0.05) is 42.5 Å². The molecule has 96 valence electrons. The minimum Gasteiger partial charge on any atom is -0.481 e. The van der Waals surface area contributed by atoms with Gasteiger partial charge in [-0.25, -0.2) is 0 Å². The summed E-state index contributed by atoms with van der Waals surface area (Å²) < 4.78 is 0. The van der Waals surface area contributed by atoms with E-state index in [9.17, 15) is 9.59 Å². The molecule has 5 heteroatoms. The fourth-order valence-corrected chi connectivity index (χ4v) is 1.49. The van der Waals surface area contributed by atoms with Crippen LogP contribution in [0.4, 0.5) is 0 Å². The third kappa shape index (κ3) is 4.03. The van der Waals surface area contributed by atoms with Gasteiger partial charge in [-0.2, -0.15) is 0 Å². The van der Waals surface area contributed by atoms with E-state index in [1.54, 1.807) is 12.2 Å². The molecule has 0 spiro atoms. The monoisotopic (exact) mass is 249 g/mol. The van der Waals surface area contributed by atoms with E-state index >= 15 is 0 Å². The minimum atomic E-state index is -1.40. The molecule has 4 N–H and O–H groups in total. The Hall–Kier alpha value is -2.14. The molecule has 5 nitrogen and oxygen atoms in total. The first-order chi connectivity index (χ1) is 8.52. The van der Waals surface area contributed by atoms with E-state index in [1.165, 1.54) is 0 Å². The Morgan fingerprint density at radius 2 is 1.78 bits per heavy atom. The van der Waals surface area contributed by atoms with Crippen molar-refractivity contribution in [1.82, 2.24) is 0 Å². The number of hydrogen-bond acceptors (Lipinski definition) is 3. The van der Waals surface area contributed by atoms with Gasteiger partial charge in [0.15, 0.2) is 0 Å². The number of nitrogens with two attached hydrogens (primary N) is 1. The average Bonchev–Trinajstić information content (AvgIpc) is 2.34. The van der Waals surface area contributed by atoms with Gasteiger partial charge >= 0.3 is 11.9 Å². The Bertz CT molecular complexity index is 442. The first-order valence-electron chi connectivity index (χ1n) is 5.45. The maximum absolute atomic E-state index is 10.9. The summed E-state index contributed by atoms with van der Waals surface area (Å²) >= 11 is 0. The number of rotatable bonds is 6. The highest BCUT2D eigenvalue weighted by Crippen LogP contribution is 2.11. The lowest BCUT2D eigenvalue weighted by Crippen LogP contribution is -2.41. The third-order valence-electron chi connectivity index (χ3n) is 2.54. The maximum Gasteiger partial charge on any atom is 0.321 e. The van der Waals surface area contributed by atoms with E-state index in [-0.39, 0.29) is 6.42 Å². The number of carbonyl (C=O) groups is 2. The summed E-state index contributed by atoms with van der Waals surface area (Å²) in [6.45, 7) is 0. The summed E-state index contributed by atoms with van der Waals surface area (Å²) in [6.07, 6.45) is 3.44. The molecule has 2 atom stereocenters. The first-order valence-corrected chi connectivity index (χ1v) is 5.45. The van der Waals surface area contributed by atoms with Gasteiger partial charge in [0.25, 0.3) is 0 Å². The molecular weight excluding hydrogens is 234 g/mol. The molecule has 0 heterocycles. The molecule has 0 saturated heterocycles. The van der Waals surface area contributed by atoms with Crippen LogP contribution in [0.2, 0.25) is 0 Å². The highest BCUT2D eigenvalue weighted by Gasteiger charge is 2.29. The standard InChI is InChI=1S/C13H15NO4/c14-11(13(17)18)10(12(15)16)8-4-7-9-5-2-1-3-6-9/h1-7,10-11H,8,14H2,(H,15,16)(H,17,18)/b7-4+/t10-,11+/m1/s1. The highest BCUT2D eigenvalue weighted by molar-refractivity contribution is 5.82. The number of allylic oxidation sites excluding steroid dienone is 1. The second kappa shape index (κ2) is 6.56. The molecule has 0 fully saturated rings. The molecule has 0 aliphatic rings. The number of aliphatic carboxylic acids is 2. The lowest BCUT2D eigenvalue weighted by atomic mass is 9.96. The molecule has 1 aromatic rings. The predicted molar refractivity (Wildman–Crippen MR) is 66.8 cm³/mol. The predicted octanol–water partition coefficient (Wildman–Crippen LogP) is 1.20. The van der Waals surface area contributed by atoms with E-state index in [0.29, 0.717) is 0 Å². The van der Waals surface area contributed by atoms with Crippen LogP contribution in [0.3, 0.4) is 0 Å². The SMILES string of the molecule is N[C@H](C(=O)O)[C@@H](C/C=C/c1ccccc1)C(=O)O. The van der Waals surface area contributed by atoms with Gasteiger partial charge in [-0.3, -0.25) is 9.59 Å². The zero-order valence-corrected chi connectivity index (χ0v) is 9.69. The van der Waals surface area contributed by atoms with Crippen LogP contribution in [-0.2, 0) is 9.59 Å². The van der Waals surface area contributed by atoms with E-state index in [0.717, 1.165) is 5.56 Å². The third-order valence-corrected chi connectivity index (χ3v) is 2.54. The number of carboxylic acid groups (broad SMARTS) is 2. The van der Waals surface area contributed by atoms with Gasteiger partial charge in [0.1, 0.15) is 6.04 Å². The quantitative estimate of drug-likeness (QED) is 0.703. The summed E-state index contributed by atoms with van der Waals surface area (Å²) in [6, 6.07) is 7.92. The maximum atomic E-state index is 10.9. The molecule has 0 amide bonds. The van der Waals surface area contributed by atoms with Crippen LogP contribution in [0.15, 0.2) is 36.4 Å². The van der Waals surface area contributed by atoms with Crippen LogP contribution in [-0.4, -0.2) is 28.2 Å². The van der Waals surface area contributed by atoms with Crippen molar-refractivity contribution >= 4 is 18.0 Å². The van der Waals surface area contributed by atoms with Crippen LogP contribution >= 0.6 is 0 Å². The minimum absolute atomic E-state index is 0.0810. The molecule has 18 heavy (non-hydrogen) atoms. The summed E-state index contributed by atoms with van der Waals surface area (Å²) in [5.74, 6) is -3.64. The van der Waals surface area contributed by atoms with E-state index in [4.69, 9.17) is 15.9 Å². The summed E-state index contributed by atoms with van der Waals surface area (Å²) in [5, 5.41) is 17.6. The fraction of sp³-hybridized carbons (Fsp3) is 0.231. The van der Waals surface area contributed by atoms with E-state index < -0.39 is 23.9 Å². The van der Waals surface area contributed by atoms with Crippen molar-refractivity contribution in [2.24, 2.45) is 11.7 Å². The van der Waals surface area contributed by atoms with Crippen molar-refractivity contribution in [1.29, 1.82) is 0 Å². The van der Waals surface area contributed by atoms with Crippen LogP contribution in [0, 0.1) is 5.92 Å². The zero-order chi connectivity index (χ0) is 13.5.